The number of aliphatic hydroxyl groups is 1. The van der Waals surface area contributed by atoms with Gasteiger partial charge in [-0.25, -0.2) is 0 Å². The largest absolute Gasteiger partial charge is 0.392 e. The Kier molecular flexibility index (Phi) is 3.25. The average molecular weight is 220 g/mol. The SMILES string of the molecule is CC1=CC[C@@H]2C[C@H]1[C@]2(C)CC/C=C(\C)CO. The second-order valence-corrected chi connectivity index (χ2v) is 5.92. The molecule has 90 valence electrons. The zero-order valence-corrected chi connectivity index (χ0v) is 10.8. The van der Waals surface area contributed by atoms with Gasteiger partial charge < -0.3 is 5.11 Å². The molecule has 0 aliphatic heterocycles. The van der Waals surface area contributed by atoms with Crippen LogP contribution < -0.4 is 0 Å². The van der Waals surface area contributed by atoms with Crippen LogP contribution in [0.1, 0.15) is 46.5 Å². The number of hydrogen-bond donors (Lipinski definition) is 1. The van der Waals surface area contributed by atoms with Gasteiger partial charge in [0.15, 0.2) is 0 Å². The summed E-state index contributed by atoms with van der Waals surface area (Å²) in [6.07, 6.45) is 9.77. The molecule has 1 N–H and O–H groups in total. The van der Waals surface area contributed by atoms with E-state index in [9.17, 15) is 0 Å². The van der Waals surface area contributed by atoms with Crippen LogP contribution >= 0.6 is 0 Å². The van der Waals surface area contributed by atoms with Crippen molar-refractivity contribution in [2.24, 2.45) is 17.3 Å². The second-order valence-electron chi connectivity index (χ2n) is 5.92. The quantitative estimate of drug-likeness (QED) is 0.716. The van der Waals surface area contributed by atoms with E-state index in [4.69, 9.17) is 5.11 Å². The average Bonchev–Trinajstić information content (AvgIpc) is 2.28. The van der Waals surface area contributed by atoms with Crippen molar-refractivity contribution < 1.29 is 5.11 Å². The summed E-state index contributed by atoms with van der Waals surface area (Å²) in [6.45, 7) is 6.98. The molecule has 0 spiro atoms. The van der Waals surface area contributed by atoms with E-state index in [1.807, 2.05) is 6.92 Å². The molecule has 1 heteroatoms. The fraction of sp³-hybridized carbons (Fsp3) is 0.733. The van der Waals surface area contributed by atoms with Gasteiger partial charge >= 0.3 is 0 Å². The molecule has 3 rings (SSSR count). The fourth-order valence-corrected chi connectivity index (χ4v) is 3.56. The molecular formula is C15H24O. The first-order valence-electron chi connectivity index (χ1n) is 6.51. The second kappa shape index (κ2) is 4.37. The van der Waals surface area contributed by atoms with Crippen LogP contribution in [0.25, 0.3) is 0 Å². The first-order valence-corrected chi connectivity index (χ1v) is 6.51. The highest BCUT2D eigenvalue weighted by molar-refractivity contribution is 5.22. The highest BCUT2D eigenvalue weighted by Gasteiger charge is 2.52. The molecule has 3 atom stereocenters. The van der Waals surface area contributed by atoms with Crippen LogP contribution in [0.5, 0.6) is 0 Å². The van der Waals surface area contributed by atoms with Crippen molar-refractivity contribution in [3.8, 4) is 0 Å². The fourth-order valence-electron chi connectivity index (χ4n) is 3.56. The lowest BCUT2D eigenvalue weighted by Gasteiger charge is -2.58. The third-order valence-corrected chi connectivity index (χ3v) is 4.95. The van der Waals surface area contributed by atoms with Crippen molar-refractivity contribution in [2.45, 2.75) is 46.5 Å². The first kappa shape index (κ1) is 11.9. The summed E-state index contributed by atoms with van der Waals surface area (Å²) < 4.78 is 0. The number of hydrogen-bond acceptors (Lipinski definition) is 1. The Hall–Kier alpha value is -0.560. The highest BCUT2D eigenvalue weighted by Crippen LogP contribution is 2.61. The van der Waals surface area contributed by atoms with Gasteiger partial charge in [0.25, 0.3) is 0 Å². The zero-order chi connectivity index (χ0) is 11.8. The van der Waals surface area contributed by atoms with E-state index in [0.29, 0.717) is 5.41 Å². The Morgan fingerprint density at radius 2 is 2.38 bits per heavy atom. The predicted molar refractivity (Wildman–Crippen MR) is 68.2 cm³/mol. The minimum atomic E-state index is 0.211. The van der Waals surface area contributed by atoms with Gasteiger partial charge in [0, 0.05) is 0 Å². The van der Waals surface area contributed by atoms with Gasteiger partial charge in [0.2, 0.25) is 0 Å². The number of aliphatic hydroxyl groups excluding tert-OH is 1. The molecule has 0 aromatic heterocycles. The Balaban J connectivity index is 1.94. The van der Waals surface area contributed by atoms with Gasteiger partial charge in [-0.05, 0) is 56.8 Å². The maximum atomic E-state index is 8.96. The molecule has 0 radical (unpaired) electrons. The van der Waals surface area contributed by atoms with E-state index in [0.717, 1.165) is 23.8 Å². The molecule has 16 heavy (non-hydrogen) atoms. The predicted octanol–water partition coefficient (Wildman–Crippen LogP) is 3.70. The van der Waals surface area contributed by atoms with Crippen LogP contribution in [-0.2, 0) is 0 Å². The van der Waals surface area contributed by atoms with Gasteiger partial charge in [-0.1, -0.05) is 30.2 Å². The van der Waals surface area contributed by atoms with Crippen molar-refractivity contribution in [3.05, 3.63) is 23.3 Å². The first-order chi connectivity index (χ1) is 7.58. The minimum absolute atomic E-state index is 0.211. The summed E-state index contributed by atoms with van der Waals surface area (Å²) in [6, 6.07) is 0. The van der Waals surface area contributed by atoms with E-state index in [1.54, 1.807) is 5.57 Å². The van der Waals surface area contributed by atoms with E-state index in [-0.39, 0.29) is 6.61 Å². The molecule has 2 bridgehead atoms. The van der Waals surface area contributed by atoms with Gasteiger partial charge in [-0.2, -0.15) is 0 Å². The van der Waals surface area contributed by atoms with Crippen LogP contribution in [0.4, 0.5) is 0 Å². The molecule has 0 aromatic rings. The van der Waals surface area contributed by atoms with Crippen LogP contribution in [0.15, 0.2) is 23.3 Å². The Morgan fingerprint density at radius 1 is 1.62 bits per heavy atom. The molecule has 1 fully saturated rings. The lowest BCUT2D eigenvalue weighted by molar-refractivity contribution is -0.0312. The molecule has 0 saturated heterocycles. The molecule has 1 nitrogen and oxygen atoms in total. The topological polar surface area (TPSA) is 20.2 Å². The van der Waals surface area contributed by atoms with E-state index < -0.39 is 0 Å². The summed E-state index contributed by atoms with van der Waals surface area (Å²) in [5, 5.41) is 8.96. The molecule has 0 unspecified atom stereocenters. The Bertz CT molecular complexity index is 326. The lowest BCUT2D eigenvalue weighted by atomic mass is 9.47. The van der Waals surface area contributed by atoms with Gasteiger partial charge in [-0.15, -0.1) is 0 Å². The Labute approximate surface area is 99.3 Å². The minimum Gasteiger partial charge on any atom is -0.392 e. The molecule has 3 aliphatic rings. The van der Waals surface area contributed by atoms with Crippen LogP contribution in [-0.4, -0.2) is 11.7 Å². The van der Waals surface area contributed by atoms with Gasteiger partial charge in [0.1, 0.15) is 0 Å². The Morgan fingerprint density at radius 3 is 2.94 bits per heavy atom. The maximum Gasteiger partial charge on any atom is 0.0639 e. The summed E-state index contributed by atoms with van der Waals surface area (Å²) in [7, 11) is 0. The monoisotopic (exact) mass is 220 g/mol. The van der Waals surface area contributed by atoms with Crippen molar-refractivity contribution in [1.29, 1.82) is 0 Å². The molecule has 0 heterocycles. The van der Waals surface area contributed by atoms with Gasteiger partial charge in [0.05, 0.1) is 6.61 Å². The molecule has 0 aromatic carbocycles. The smallest absolute Gasteiger partial charge is 0.0639 e. The van der Waals surface area contributed by atoms with E-state index >= 15 is 0 Å². The highest BCUT2D eigenvalue weighted by atomic mass is 16.3. The number of allylic oxidation sites excluding steroid dienone is 3. The standard InChI is InChI=1S/C15H24O/c1-11(10-16)5-4-8-15(3)13-7-6-12(2)14(15)9-13/h5-6,13-14,16H,4,7-10H2,1-3H3/b11-5+/t13-,14-,15-/m1/s1. The molecule has 0 amide bonds. The molecule has 3 aliphatic carbocycles. The third kappa shape index (κ3) is 1.86. The van der Waals surface area contributed by atoms with Crippen molar-refractivity contribution in [2.75, 3.05) is 6.61 Å². The summed E-state index contributed by atoms with van der Waals surface area (Å²) in [5.41, 5.74) is 3.28. The summed E-state index contributed by atoms with van der Waals surface area (Å²) in [5.74, 6) is 1.76. The van der Waals surface area contributed by atoms with E-state index in [1.165, 1.54) is 19.3 Å². The molecular weight excluding hydrogens is 196 g/mol. The third-order valence-electron chi connectivity index (χ3n) is 4.95. The molecule has 1 saturated carbocycles. The number of rotatable bonds is 4. The van der Waals surface area contributed by atoms with Crippen molar-refractivity contribution >= 4 is 0 Å². The van der Waals surface area contributed by atoms with Crippen LogP contribution in [0.2, 0.25) is 0 Å². The summed E-state index contributed by atoms with van der Waals surface area (Å²) in [4.78, 5) is 0. The zero-order valence-electron chi connectivity index (χ0n) is 10.8. The van der Waals surface area contributed by atoms with Gasteiger partial charge in [-0.3, -0.25) is 0 Å². The lowest BCUT2D eigenvalue weighted by Crippen LogP contribution is -2.49. The van der Waals surface area contributed by atoms with Crippen LogP contribution in [0.3, 0.4) is 0 Å². The maximum absolute atomic E-state index is 8.96. The number of fused-ring (bicyclic) bond motifs is 1. The van der Waals surface area contributed by atoms with Crippen LogP contribution in [0, 0.1) is 17.3 Å². The van der Waals surface area contributed by atoms with E-state index in [2.05, 4.69) is 26.0 Å². The van der Waals surface area contributed by atoms with Crippen molar-refractivity contribution in [1.82, 2.24) is 0 Å². The normalized spacial score (nSPS) is 38.0. The van der Waals surface area contributed by atoms with Crippen molar-refractivity contribution in [3.63, 3.8) is 0 Å². The summed E-state index contributed by atoms with van der Waals surface area (Å²) >= 11 is 0.